The normalized spacial score (nSPS) is 13.1. The van der Waals surface area contributed by atoms with E-state index in [1.807, 2.05) is 0 Å². The minimum atomic E-state index is 0.487. The van der Waals surface area contributed by atoms with Crippen LogP contribution in [0.25, 0.3) is 0 Å². The minimum absolute atomic E-state index is 0.487. The lowest BCUT2D eigenvalue weighted by atomic mass is 10.2. The van der Waals surface area contributed by atoms with Crippen molar-refractivity contribution in [1.82, 2.24) is 0 Å². The van der Waals surface area contributed by atoms with Crippen molar-refractivity contribution in [3.63, 3.8) is 0 Å². The average molecular weight is 258 g/mol. The first-order valence-electron chi connectivity index (χ1n) is 6.36. The quantitative estimate of drug-likeness (QED) is 0.422. The fourth-order valence-electron chi connectivity index (χ4n) is 1.38. The highest BCUT2D eigenvalue weighted by atomic mass is 16.5. The molecule has 0 amide bonds. The van der Waals surface area contributed by atoms with Crippen LogP contribution in [0, 0.1) is 0 Å². The van der Waals surface area contributed by atoms with Crippen LogP contribution in [0.15, 0.2) is 10.2 Å². The molecule has 0 aliphatic rings. The molecule has 0 aliphatic carbocycles. The molecule has 106 valence electrons. The third-order valence-electron chi connectivity index (χ3n) is 2.37. The predicted octanol–water partition coefficient (Wildman–Crippen LogP) is 2.30. The lowest BCUT2D eigenvalue weighted by molar-refractivity contribution is 0.201. The van der Waals surface area contributed by atoms with Gasteiger partial charge in [0.05, 0.1) is 31.2 Å². The van der Waals surface area contributed by atoms with E-state index in [1.54, 1.807) is 21.3 Å². The highest BCUT2D eigenvalue weighted by Gasteiger charge is 2.01. The average Bonchev–Trinajstić information content (AvgIpc) is 2.38. The van der Waals surface area contributed by atoms with Crippen LogP contribution in [0.4, 0.5) is 0 Å². The minimum Gasteiger partial charge on any atom is -0.384 e. The van der Waals surface area contributed by atoms with E-state index >= 15 is 0 Å². The summed E-state index contributed by atoms with van der Waals surface area (Å²) in [6, 6.07) is 0. The molecule has 0 N–H and O–H groups in total. The molecule has 0 unspecified atom stereocenters. The Kier molecular flexibility index (Phi) is 12.1. The summed E-state index contributed by atoms with van der Waals surface area (Å²) < 4.78 is 15.2. The number of unbranched alkanes of at least 4 members (excludes halogenated alkanes) is 1. The van der Waals surface area contributed by atoms with Crippen molar-refractivity contribution in [2.45, 2.75) is 32.6 Å². The van der Waals surface area contributed by atoms with E-state index in [2.05, 4.69) is 17.1 Å². The van der Waals surface area contributed by atoms with Crippen molar-refractivity contribution in [1.29, 1.82) is 0 Å². The molecule has 0 fully saturated rings. The summed E-state index contributed by atoms with van der Waals surface area (Å²) in [4.78, 5) is 0. The molecule has 0 saturated carbocycles. The monoisotopic (exact) mass is 258 g/mol. The van der Waals surface area contributed by atoms with Gasteiger partial charge in [0.15, 0.2) is 0 Å². The summed E-state index contributed by atoms with van der Waals surface area (Å²) in [5.41, 5.74) is 1.87. The molecule has 0 spiro atoms. The first-order chi connectivity index (χ1) is 8.78. The molecule has 0 saturated heterocycles. The maximum absolute atomic E-state index is 5.12. The highest BCUT2D eigenvalue weighted by molar-refractivity contribution is 5.89. The molecule has 5 nitrogen and oxygen atoms in total. The van der Waals surface area contributed by atoms with E-state index in [0.717, 1.165) is 37.1 Å². The topological polar surface area (TPSA) is 52.4 Å². The summed E-state index contributed by atoms with van der Waals surface area (Å²) in [6.07, 6.45) is 3.91. The van der Waals surface area contributed by atoms with Gasteiger partial charge in [-0.3, -0.25) is 0 Å². The van der Waals surface area contributed by atoms with E-state index in [-0.39, 0.29) is 0 Å². The Morgan fingerprint density at radius 3 is 1.83 bits per heavy atom. The van der Waals surface area contributed by atoms with Gasteiger partial charge in [-0.1, -0.05) is 13.3 Å². The Balaban J connectivity index is 4.48. The van der Waals surface area contributed by atoms with Crippen molar-refractivity contribution < 1.29 is 14.2 Å². The Labute approximate surface area is 110 Å². The number of nitrogens with zero attached hydrogens (tertiary/aromatic N) is 2. The third kappa shape index (κ3) is 9.27. The standard InChI is InChI=1S/C13H26N2O3/c1-5-6-7-12(10-17-3)14-15-13(11-18-4)8-9-16-2/h5-11H2,1-4H3. The fourth-order valence-corrected chi connectivity index (χ4v) is 1.38. The van der Waals surface area contributed by atoms with Crippen LogP contribution in [-0.2, 0) is 14.2 Å². The molecule has 0 heterocycles. The Hall–Kier alpha value is -0.780. The number of ether oxygens (including phenoxy) is 3. The van der Waals surface area contributed by atoms with Gasteiger partial charge in [-0.25, -0.2) is 0 Å². The lowest BCUT2D eigenvalue weighted by Gasteiger charge is -2.05. The number of rotatable bonds is 11. The molecule has 0 bridgehead atoms. The van der Waals surface area contributed by atoms with Crippen LogP contribution in [0.5, 0.6) is 0 Å². The van der Waals surface area contributed by atoms with Gasteiger partial charge in [0.25, 0.3) is 0 Å². The second-order valence-corrected chi connectivity index (χ2v) is 4.04. The molecule has 0 radical (unpaired) electrons. The van der Waals surface area contributed by atoms with Crippen LogP contribution in [0.1, 0.15) is 32.6 Å². The van der Waals surface area contributed by atoms with Gasteiger partial charge in [-0.15, -0.1) is 0 Å². The molecule has 5 heteroatoms. The van der Waals surface area contributed by atoms with Gasteiger partial charge in [-0.05, 0) is 12.8 Å². The van der Waals surface area contributed by atoms with Crippen LogP contribution in [0.2, 0.25) is 0 Å². The number of hydrogen-bond acceptors (Lipinski definition) is 5. The molecule has 0 aromatic rings. The van der Waals surface area contributed by atoms with Gasteiger partial charge < -0.3 is 14.2 Å². The number of hydrogen-bond donors (Lipinski definition) is 0. The number of methoxy groups -OCH3 is 3. The van der Waals surface area contributed by atoms with Gasteiger partial charge in [0.2, 0.25) is 0 Å². The second-order valence-electron chi connectivity index (χ2n) is 4.04. The highest BCUT2D eigenvalue weighted by Crippen LogP contribution is 2.00. The SMILES string of the molecule is CCCCC(COC)=NN=C(CCOC)COC. The summed E-state index contributed by atoms with van der Waals surface area (Å²) in [6.45, 7) is 3.81. The van der Waals surface area contributed by atoms with Crippen molar-refractivity contribution in [3.05, 3.63) is 0 Å². The second kappa shape index (κ2) is 12.7. The van der Waals surface area contributed by atoms with Gasteiger partial charge in [0.1, 0.15) is 0 Å². The van der Waals surface area contributed by atoms with Crippen molar-refractivity contribution in [2.75, 3.05) is 41.2 Å². The summed E-state index contributed by atoms with van der Waals surface area (Å²) >= 11 is 0. The Bertz CT molecular complexity index is 227. The smallest absolute Gasteiger partial charge is 0.0864 e. The van der Waals surface area contributed by atoms with E-state index in [4.69, 9.17) is 14.2 Å². The summed E-state index contributed by atoms with van der Waals surface area (Å²) in [5.74, 6) is 0. The predicted molar refractivity (Wildman–Crippen MR) is 74.6 cm³/mol. The van der Waals surface area contributed by atoms with Crippen molar-refractivity contribution >= 4 is 11.4 Å². The van der Waals surface area contributed by atoms with Crippen LogP contribution in [-0.4, -0.2) is 52.6 Å². The zero-order chi connectivity index (χ0) is 13.6. The Morgan fingerprint density at radius 1 is 0.833 bits per heavy atom. The van der Waals surface area contributed by atoms with Gasteiger partial charge >= 0.3 is 0 Å². The maximum atomic E-state index is 5.12. The molecule has 18 heavy (non-hydrogen) atoms. The first-order valence-corrected chi connectivity index (χ1v) is 6.36. The van der Waals surface area contributed by atoms with Gasteiger partial charge in [-0.2, -0.15) is 10.2 Å². The molecule has 0 atom stereocenters. The lowest BCUT2D eigenvalue weighted by Crippen LogP contribution is -2.11. The molecule has 0 aromatic heterocycles. The molecule has 0 rings (SSSR count). The van der Waals surface area contributed by atoms with Gasteiger partial charge in [0, 0.05) is 27.8 Å². The largest absolute Gasteiger partial charge is 0.384 e. The zero-order valence-corrected chi connectivity index (χ0v) is 12.1. The molecule has 0 aromatic carbocycles. The van der Waals surface area contributed by atoms with E-state index in [0.29, 0.717) is 19.8 Å². The zero-order valence-electron chi connectivity index (χ0n) is 12.1. The van der Waals surface area contributed by atoms with E-state index in [1.165, 1.54) is 0 Å². The summed E-state index contributed by atoms with van der Waals surface area (Å²) in [7, 11) is 5.00. The van der Waals surface area contributed by atoms with Crippen LogP contribution < -0.4 is 0 Å². The van der Waals surface area contributed by atoms with E-state index < -0.39 is 0 Å². The summed E-state index contributed by atoms with van der Waals surface area (Å²) in [5, 5.41) is 8.51. The van der Waals surface area contributed by atoms with Crippen LogP contribution in [0.3, 0.4) is 0 Å². The molecular weight excluding hydrogens is 232 g/mol. The molecule has 0 aliphatic heterocycles. The fraction of sp³-hybridized carbons (Fsp3) is 0.846. The van der Waals surface area contributed by atoms with Crippen molar-refractivity contribution in [2.24, 2.45) is 10.2 Å². The van der Waals surface area contributed by atoms with Crippen LogP contribution >= 0.6 is 0 Å². The first kappa shape index (κ1) is 17.2. The Morgan fingerprint density at radius 2 is 1.39 bits per heavy atom. The third-order valence-corrected chi connectivity index (χ3v) is 2.37. The van der Waals surface area contributed by atoms with Crippen molar-refractivity contribution in [3.8, 4) is 0 Å². The molecular formula is C13H26N2O3. The maximum Gasteiger partial charge on any atom is 0.0864 e. The van der Waals surface area contributed by atoms with E-state index in [9.17, 15) is 0 Å².